The van der Waals surface area contributed by atoms with Gasteiger partial charge >= 0.3 is 0 Å². The number of rotatable bonds is 3. The Morgan fingerprint density at radius 1 is 1.27 bits per heavy atom. The topological polar surface area (TPSA) is 37.3 Å². The Morgan fingerprint density at radius 2 is 1.91 bits per heavy atom. The minimum atomic E-state index is 0.718. The average molecular weight is 152 g/mol. The summed E-state index contributed by atoms with van der Waals surface area (Å²) in [5.74, 6) is 0. The second-order valence-corrected chi connectivity index (χ2v) is 2.26. The van der Waals surface area contributed by atoms with Gasteiger partial charge in [-0.25, -0.2) is 0 Å². The van der Waals surface area contributed by atoms with Crippen LogP contribution in [0.3, 0.4) is 0 Å². The molecule has 11 heavy (non-hydrogen) atoms. The number of aliphatic hydroxyl groups excluding tert-OH is 1. The van der Waals surface area contributed by atoms with Gasteiger partial charge in [0.1, 0.15) is 6.29 Å². The van der Waals surface area contributed by atoms with Crippen LogP contribution in [-0.2, 0) is 4.79 Å². The zero-order valence-corrected chi connectivity index (χ0v) is 6.74. The smallest absolute Gasteiger partial charge is 0.142 e. The minimum Gasteiger partial charge on any atom is -0.515 e. The molecular weight excluding hydrogens is 140 g/mol. The second kappa shape index (κ2) is 5.47. The largest absolute Gasteiger partial charge is 0.515 e. The molecule has 0 aliphatic heterocycles. The molecule has 0 unspecified atom stereocenters. The van der Waals surface area contributed by atoms with Crippen LogP contribution in [0.25, 0.3) is 0 Å². The molecule has 0 saturated heterocycles. The predicted octanol–water partition coefficient (Wildman–Crippen LogP) is 2.15. The van der Waals surface area contributed by atoms with E-state index < -0.39 is 0 Å². The Bertz CT molecular complexity index is 210. The van der Waals surface area contributed by atoms with Gasteiger partial charge in [0.05, 0.1) is 6.26 Å². The van der Waals surface area contributed by atoms with Crippen molar-refractivity contribution in [2.24, 2.45) is 0 Å². The van der Waals surface area contributed by atoms with Crippen LogP contribution >= 0.6 is 0 Å². The van der Waals surface area contributed by atoms with Crippen molar-refractivity contribution in [2.45, 2.75) is 13.8 Å². The maximum Gasteiger partial charge on any atom is 0.142 e. The van der Waals surface area contributed by atoms with Gasteiger partial charge in [0.15, 0.2) is 0 Å². The Balaban J connectivity index is 4.22. The SMILES string of the molecule is CC(=C/O)/C=C(C)\C=C/C=O. The molecule has 2 nitrogen and oxygen atoms in total. The first kappa shape index (κ1) is 9.69. The van der Waals surface area contributed by atoms with E-state index in [1.807, 2.05) is 6.92 Å². The highest BCUT2D eigenvalue weighted by Gasteiger charge is 1.83. The lowest BCUT2D eigenvalue weighted by Gasteiger charge is -1.90. The number of carbonyl (C=O) groups excluding carboxylic acids is 1. The first-order chi connectivity index (χ1) is 5.20. The van der Waals surface area contributed by atoms with Gasteiger partial charge in [0, 0.05) is 0 Å². The van der Waals surface area contributed by atoms with Crippen molar-refractivity contribution in [3.63, 3.8) is 0 Å². The molecule has 1 N–H and O–H groups in total. The fraction of sp³-hybridized carbons (Fsp3) is 0.222. The van der Waals surface area contributed by atoms with E-state index in [0.717, 1.165) is 23.7 Å². The van der Waals surface area contributed by atoms with E-state index in [9.17, 15) is 4.79 Å². The lowest BCUT2D eigenvalue weighted by molar-refractivity contribution is -0.104. The fourth-order valence-corrected chi connectivity index (χ4v) is 0.636. The van der Waals surface area contributed by atoms with Gasteiger partial charge in [-0.15, -0.1) is 0 Å². The summed E-state index contributed by atoms with van der Waals surface area (Å²) in [6.45, 7) is 3.63. The third-order valence-electron chi connectivity index (χ3n) is 1.10. The summed E-state index contributed by atoms with van der Waals surface area (Å²) in [6.07, 6.45) is 6.62. The van der Waals surface area contributed by atoms with Gasteiger partial charge in [-0.1, -0.05) is 17.7 Å². The van der Waals surface area contributed by atoms with Gasteiger partial charge in [-0.05, 0) is 25.5 Å². The molecule has 0 fully saturated rings. The van der Waals surface area contributed by atoms with Gasteiger partial charge < -0.3 is 5.11 Å². The number of aliphatic hydroxyl groups is 1. The lowest BCUT2D eigenvalue weighted by atomic mass is 10.2. The number of hydrogen-bond acceptors (Lipinski definition) is 2. The van der Waals surface area contributed by atoms with Crippen LogP contribution in [0.15, 0.2) is 35.6 Å². The molecular formula is C9H12O2. The Kier molecular flexibility index (Phi) is 4.82. The van der Waals surface area contributed by atoms with E-state index >= 15 is 0 Å². The van der Waals surface area contributed by atoms with E-state index in [-0.39, 0.29) is 0 Å². The van der Waals surface area contributed by atoms with Gasteiger partial charge in [0.25, 0.3) is 0 Å². The molecule has 0 rings (SSSR count). The number of hydrogen-bond donors (Lipinski definition) is 1. The summed E-state index contributed by atoms with van der Waals surface area (Å²) in [5, 5.41) is 8.51. The van der Waals surface area contributed by atoms with Crippen molar-refractivity contribution in [1.82, 2.24) is 0 Å². The van der Waals surface area contributed by atoms with Gasteiger partial charge in [-0.2, -0.15) is 0 Å². The quantitative estimate of drug-likeness (QED) is 0.291. The molecule has 0 saturated carbocycles. The summed E-state index contributed by atoms with van der Waals surface area (Å²) in [6, 6.07) is 0. The fourth-order valence-electron chi connectivity index (χ4n) is 0.636. The summed E-state index contributed by atoms with van der Waals surface area (Å²) >= 11 is 0. The zero-order chi connectivity index (χ0) is 8.69. The molecule has 0 aromatic rings. The van der Waals surface area contributed by atoms with E-state index in [2.05, 4.69) is 0 Å². The maximum atomic E-state index is 9.89. The van der Waals surface area contributed by atoms with Crippen LogP contribution in [0.2, 0.25) is 0 Å². The molecule has 0 amide bonds. The van der Waals surface area contributed by atoms with Gasteiger partial charge in [0.2, 0.25) is 0 Å². The number of allylic oxidation sites excluding steroid dienone is 5. The highest BCUT2D eigenvalue weighted by molar-refractivity contribution is 5.65. The van der Waals surface area contributed by atoms with Crippen LogP contribution in [0, 0.1) is 0 Å². The normalized spacial score (nSPS) is 14.0. The summed E-state index contributed by atoms with van der Waals surface area (Å²) < 4.78 is 0. The van der Waals surface area contributed by atoms with Gasteiger partial charge in [-0.3, -0.25) is 4.79 Å². The second-order valence-electron chi connectivity index (χ2n) is 2.26. The van der Waals surface area contributed by atoms with Crippen molar-refractivity contribution in [1.29, 1.82) is 0 Å². The van der Waals surface area contributed by atoms with E-state index in [4.69, 9.17) is 5.11 Å². The summed E-state index contributed by atoms with van der Waals surface area (Å²) in [4.78, 5) is 9.89. The van der Waals surface area contributed by atoms with Crippen molar-refractivity contribution in [2.75, 3.05) is 0 Å². The molecule has 0 aromatic carbocycles. The zero-order valence-electron chi connectivity index (χ0n) is 6.74. The first-order valence-electron chi connectivity index (χ1n) is 3.32. The van der Waals surface area contributed by atoms with Crippen LogP contribution in [0.4, 0.5) is 0 Å². The van der Waals surface area contributed by atoms with E-state index in [1.165, 1.54) is 6.08 Å². The lowest BCUT2D eigenvalue weighted by Crippen LogP contribution is -1.73. The molecule has 60 valence electrons. The first-order valence-corrected chi connectivity index (χ1v) is 3.32. The predicted molar refractivity (Wildman–Crippen MR) is 45.3 cm³/mol. The van der Waals surface area contributed by atoms with Crippen LogP contribution < -0.4 is 0 Å². The molecule has 0 spiro atoms. The summed E-state index contributed by atoms with van der Waals surface area (Å²) in [7, 11) is 0. The van der Waals surface area contributed by atoms with Crippen molar-refractivity contribution < 1.29 is 9.90 Å². The molecule has 2 heteroatoms. The molecule has 0 aromatic heterocycles. The third kappa shape index (κ3) is 5.15. The Morgan fingerprint density at radius 3 is 2.36 bits per heavy atom. The molecule has 0 radical (unpaired) electrons. The van der Waals surface area contributed by atoms with Crippen molar-refractivity contribution >= 4 is 6.29 Å². The van der Waals surface area contributed by atoms with Crippen LogP contribution in [0.5, 0.6) is 0 Å². The van der Waals surface area contributed by atoms with Crippen molar-refractivity contribution in [3.8, 4) is 0 Å². The number of carbonyl (C=O) groups is 1. The monoisotopic (exact) mass is 152 g/mol. The number of aldehydes is 1. The van der Waals surface area contributed by atoms with Crippen LogP contribution in [0.1, 0.15) is 13.8 Å². The molecule has 0 aliphatic carbocycles. The standard InChI is InChI=1S/C9H12O2/c1-8(4-3-5-10)6-9(2)7-11/h3-7,11H,1-2H3/b4-3-,8-6-,9-7-. The Labute approximate surface area is 66.5 Å². The maximum absolute atomic E-state index is 9.89. The summed E-state index contributed by atoms with van der Waals surface area (Å²) in [5.41, 5.74) is 1.69. The molecule has 0 bridgehead atoms. The van der Waals surface area contributed by atoms with E-state index in [1.54, 1.807) is 19.1 Å². The van der Waals surface area contributed by atoms with Crippen molar-refractivity contribution in [3.05, 3.63) is 35.6 Å². The third-order valence-corrected chi connectivity index (χ3v) is 1.10. The molecule has 0 aliphatic rings. The van der Waals surface area contributed by atoms with Crippen LogP contribution in [-0.4, -0.2) is 11.4 Å². The molecule has 0 atom stereocenters. The molecule has 0 heterocycles. The highest BCUT2D eigenvalue weighted by Crippen LogP contribution is 2.01. The average Bonchev–Trinajstić information content (AvgIpc) is 2.00. The van der Waals surface area contributed by atoms with E-state index in [0.29, 0.717) is 0 Å². The highest BCUT2D eigenvalue weighted by atomic mass is 16.2. The Hall–Kier alpha value is -1.31. The minimum absolute atomic E-state index is 0.718.